The highest BCUT2D eigenvalue weighted by Crippen LogP contribution is 2.18. The number of nitrogens with zero attached hydrogens (tertiary/aromatic N) is 2. The molecule has 1 heterocycles. The molecule has 0 spiro atoms. The number of benzene rings is 1. The Balaban J connectivity index is 0.00000220. The zero-order valence-corrected chi connectivity index (χ0v) is 12.8. The SMILES string of the molecule is CC(N)CC(=O)NC(C)c1noc(-c2ccccc2)n1.Cl. The number of carbonyl (C=O) groups excluding carboxylic acids is 1. The summed E-state index contributed by atoms with van der Waals surface area (Å²) in [4.78, 5) is 15.9. The summed E-state index contributed by atoms with van der Waals surface area (Å²) in [6.45, 7) is 3.59. The molecule has 1 aromatic heterocycles. The Morgan fingerprint density at radius 1 is 1.33 bits per heavy atom. The van der Waals surface area contributed by atoms with Crippen LogP contribution in [0.25, 0.3) is 11.5 Å². The van der Waals surface area contributed by atoms with Crippen LogP contribution in [0.3, 0.4) is 0 Å². The van der Waals surface area contributed by atoms with Gasteiger partial charge >= 0.3 is 0 Å². The number of aromatic nitrogens is 2. The first kappa shape index (κ1) is 17.1. The predicted molar refractivity (Wildman–Crippen MR) is 81.8 cm³/mol. The molecule has 2 rings (SSSR count). The van der Waals surface area contributed by atoms with Crippen LogP contribution in [-0.4, -0.2) is 22.1 Å². The third kappa shape index (κ3) is 4.84. The topological polar surface area (TPSA) is 94.0 Å². The van der Waals surface area contributed by atoms with E-state index in [1.165, 1.54) is 0 Å². The monoisotopic (exact) mass is 310 g/mol. The van der Waals surface area contributed by atoms with Crippen molar-refractivity contribution in [3.8, 4) is 11.5 Å². The molecule has 0 aliphatic rings. The summed E-state index contributed by atoms with van der Waals surface area (Å²) in [6, 6.07) is 8.99. The van der Waals surface area contributed by atoms with Gasteiger partial charge in [0.15, 0.2) is 5.82 Å². The Labute approximate surface area is 129 Å². The molecule has 2 atom stereocenters. The van der Waals surface area contributed by atoms with Crippen molar-refractivity contribution in [2.45, 2.75) is 32.4 Å². The number of nitrogens with two attached hydrogens (primary N) is 1. The molecule has 0 bridgehead atoms. The summed E-state index contributed by atoms with van der Waals surface area (Å²) in [5.41, 5.74) is 6.42. The average molecular weight is 311 g/mol. The standard InChI is InChI=1S/C14H18N4O2.ClH/c1-9(15)8-12(19)16-10(2)13-17-14(20-18-13)11-6-4-3-5-7-11;/h3-7,9-10H,8,15H2,1-2H3,(H,16,19);1H. The molecule has 0 saturated carbocycles. The third-order valence-electron chi connectivity index (χ3n) is 2.73. The lowest BCUT2D eigenvalue weighted by Crippen LogP contribution is -2.32. The summed E-state index contributed by atoms with van der Waals surface area (Å²) < 4.78 is 5.20. The Hall–Kier alpha value is -1.92. The molecule has 0 saturated heterocycles. The van der Waals surface area contributed by atoms with Crippen molar-refractivity contribution >= 4 is 18.3 Å². The van der Waals surface area contributed by atoms with E-state index in [0.29, 0.717) is 11.7 Å². The van der Waals surface area contributed by atoms with Crippen LogP contribution < -0.4 is 11.1 Å². The molecule has 0 radical (unpaired) electrons. The van der Waals surface area contributed by atoms with E-state index in [9.17, 15) is 4.79 Å². The van der Waals surface area contributed by atoms with Gasteiger partial charge in [-0.2, -0.15) is 4.98 Å². The Morgan fingerprint density at radius 3 is 2.62 bits per heavy atom. The summed E-state index contributed by atoms with van der Waals surface area (Å²) >= 11 is 0. The normalized spacial score (nSPS) is 13.1. The molecule has 21 heavy (non-hydrogen) atoms. The fourth-order valence-corrected chi connectivity index (χ4v) is 1.77. The van der Waals surface area contributed by atoms with Gasteiger partial charge in [0, 0.05) is 18.0 Å². The van der Waals surface area contributed by atoms with E-state index >= 15 is 0 Å². The maximum Gasteiger partial charge on any atom is 0.257 e. The second-order valence-corrected chi connectivity index (χ2v) is 4.79. The van der Waals surface area contributed by atoms with Crippen LogP contribution in [0.15, 0.2) is 34.9 Å². The van der Waals surface area contributed by atoms with Crippen molar-refractivity contribution in [3.63, 3.8) is 0 Å². The number of amides is 1. The van der Waals surface area contributed by atoms with E-state index in [4.69, 9.17) is 10.3 Å². The van der Waals surface area contributed by atoms with E-state index in [-0.39, 0.29) is 36.8 Å². The van der Waals surface area contributed by atoms with Gasteiger partial charge in [-0.1, -0.05) is 23.4 Å². The Bertz CT molecular complexity index is 571. The molecular formula is C14H19ClN4O2. The Morgan fingerprint density at radius 2 is 2.00 bits per heavy atom. The fourth-order valence-electron chi connectivity index (χ4n) is 1.77. The maximum atomic E-state index is 11.6. The molecule has 0 aliphatic heterocycles. The van der Waals surface area contributed by atoms with Crippen LogP contribution in [0.2, 0.25) is 0 Å². The van der Waals surface area contributed by atoms with Gasteiger partial charge in [-0.3, -0.25) is 4.79 Å². The number of hydrogen-bond acceptors (Lipinski definition) is 5. The molecule has 0 aliphatic carbocycles. The molecule has 2 aromatic rings. The smallest absolute Gasteiger partial charge is 0.257 e. The molecule has 6 nitrogen and oxygen atoms in total. The predicted octanol–water partition coefficient (Wildman–Crippen LogP) is 2.07. The molecule has 114 valence electrons. The lowest BCUT2D eigenvalue weighted by Gasteiger charge is -2.11. The number of nitrogens with one attached hydrogen (secondary N) is 1. The molecule has 2 unspecified atom stereocenters. The number of rotatable bonds is 5. The zero-order chi connectivity index (χ0) is 14.5. The van der Waals surface area contributed by atoms with Crippen molar-refractivity contribution < 1.29 is 9.32 Å². The third-order valence-corrected chi connectivity index (χ3v) is 2.73. The minimum Gasteiger partial charge on any atom is -0.346 e. The summed E-state index contributed by atoms with van der Waals surface area (Å²) in [6.07, 6.45) is 0.272. The second-order valence-electron chi connectivity index (χ2n) is 4.79. The first-order chi connectivity index (χ1) is 9.56. The lowest BCUT2D eigenvalue weighted by molar-refractivity contribution is -0.122. The van der Waals surface area contributed by atoms with Gasteiger partial charge in [-0.25, -0.2) is 0 Å². The second kappa shape index (κ2) is 7.75. The van der Waals surface area contributed by atoms with Crippen LogP contribution >= 0.6 is 12.4 Å². The van der Waals surface area contributed by atoms with Gasteiger partial charge < -0.3 is 15.6 Å². The molecule has 3 N–H and O–H groups in total. The van der Waals surface area contributed by atoms with Gasteiger partial charge in [-0.05, 0) is 26.0 Å². The van der Waals surface area contributed by atoms with Crippen molar-refractivity contribution in [2.75, 3.05) is 0 Å². The first-order valence-electron chi connectivity index (χ1n) is 6.50. The van der Waals surface area contributed by atoms with Crippen molar-refractivity contribution in [1.82, 2.24) is 15.5 Å². The number of halogens is 1. The van der Waals surface area contributed by atoms with Gasteiger partial charge in [0.25, 0.3) is 5.89 Å². The highest BCUT2D eigenvalue weighted by molar-refractivity contribution is 5.85. The highest BCUT2D eigenvalue weighted by atomic mass is 35.5. The quantitative estimate of drug-likeness (QED) is 0.881. The maximum absolute atomic E-state index is 11.6. The van der Waals surface area contributed by atoms with Gasteiger partial charge in [0.2, 0.25) is 5.91 Å². The van der Waals surface area contributed by atoms with E-state index in [2.05, 4.69) is 15.5 Å². The first-order valence-corrected chi connectivity index (χ1v) is 6.50. The summed E-state index contributed by atoms with van der Waals surface area (Å²) in [7, 11) is 0. The van der Waals surface area contributed by atoms with Crippen molar-refractivity contribution in [3.05, 3.63) is 36.2 Å². The molecule has 7 heteroatoms. The zero-order valence-electron chi connectivity index (χ0n) is 11.9. The van der Waals surface area contributed by atoms with Crippen LogP contribution in [0.1, 0.15) is 32.1 Å². The van der Waals surface area contributed by atoms with Crippen molar-refractivity contribution in [1.29, 1.82) is 0 Å². The minimum absolute atomic E-state index is 0. The van der Waals surface area contributed by atoms with E-state index in [1.54, 1.807) is 13.8 Å². The average Bonchev–Trinajstić information content (AvgIpc) is 2.88. The fraction of sp³-hybridized carbons (Fsp3) is 0.357. The van der Waals surface area contributed by atoms with Gasteiger partial charge in [0.05, 0.1) is 6.04 Å². The van der Waals surface area contributed by atoms with Gasteiger partial charge in [-0.15, -0.1) is 12.4 Å². The van der Waals surface area contributed by atoms with Crippen molar-refractivity contribution in [2.24, 2.45) is 5.73 Å². The molecule has 1 amide bonds. The largest absolute Gasteiger partial charge is 0.346 e. The lowest BCUT2D eigenvalue weighted by atomic mass is 10.2. The molecule has 1 aromatic carbocycles. The van der Waals surface area contributed by atoms with E-state index in [0.717, 1.165) is 5.56 Å². The molecular weight excluding hydrogens is 292 g/mol. The highest BCUT2D eigenvalue weighted by Gasteiger charge is 2.17. The van der Waals surface area contributed by atoms with Crippen LogP contribution in [0.5, 0.6) is 0 Å². The van der Waals surface area contributed by atoms with Crippen LogP contribution in [-0.2, 0) is 4.79 Å². The van der Waals surface area contributed by atoms with Crippen LogP contribution in [0, 0.1) is 0 Å². The summed E-state index contributed by atoms with van der Waals surface area (Å²) in [5, 5.41) is 6.68. The summed E-state index contributed by atoms with van der Waals surface area (Å²) in [5.74, 6) is 0.759. The van der Waals surface area contributed by atoms with Crippen LogP contribution in [0.4, 0.5) is 0 Å². The number of carbonyl (C=O) groups is 1. The van der Waals surface area contributed by atoms with Gasteiger partial charge in [0.1, 0.15) is 0 Å². The van der Waals surface area contributed by atoms with E-state index in [1.807, 2.05) is 30.3 Å². The minimum atomic E-state index is -0.317. The molecule has 0 fully saturated rings. The number of hydrogen-bond donors (Lipinski definition) is 2. The van der Waals surface area contributed by atoms with E-state index < -0.39 is 0 Å². The Kier molecular flexibility index (Phi) is 6.33.